The fourth-order valence-electron chi connectivity index (χ4n) is 2.82. The van der Waals surface area contributed by atoms with Gasteiger partial charge in [0, 0.05) is 18.5 Å². The number of carbonyl (C=O) groups is 2. The monoisotopic (exact) mass is 417 g/mol. The van der Waals surface area contributed by atoms with Gasteiger partial charge in [0.1, 0.15) is 11.0 Å². The predicted molar refractivity (Wildman–Crippen MR) is 115 cm³/mol. The number of halogens is 1. The molecule has 3 rings (SSSR count). The highest BCUT2D eigenvalue weighted by Crippen LogP contribution is 2.33. The van der Waals surface area contributed by atoms with Gasteiger partial charge in [-0.05, 0) is 36.8 Å². The third kappa shape index (κ3) is 4.15. The van der Waals surface area contributed by atoms with Gasteiger partial charge in [-0.2, -0.15) is 0 Å². The van der Waals surface area contributed by atoms with E-state index in [1.165, 1.54) is 16.7 Å². The number of thioether (sulfide) groups is 1. The zero-order chi connectivity index (χ0) is 20.3. The zero-order valence-electron chi connectivity index (χ0n) is 15.7. The van der Waals surface area contributed by atoms with Crippen LogP contribution >= 0.6 is 23.4 Å². The van der Waals surface area contributed by atoms with E-state index < -0.39 is 5.25 Å². The van der Waals surface area contributed by atoms with Gasteiger partial charge in [0.15, 0.2) is 5.17 Å². The number of benzene rings is 2. The second kappa shape index (κ2) is 8.67. The van der Waals surface area contributed by atoms with Crippen molar-refractivity contribution in [3.05, 3.63) is 53.1 Å². The van der Waals surface area contributed by atoms with Gasteiger partial charge in [0.05, 0.1) is 18.5 Å². The maximum atomic E-state index is 12.9. The van der Waals surface area contributed by atoms with Crippen molar-refractivity contribution in [3.63, 3.8) is 0 Å². The van der Waals surface area contributed by atoms with Gasteiger partial charge in [-0.1, -0.05) is 41.6 Å². The van der Waals surface area contributed by atoms with E-state index >= 15 is 0 Å². The van der Waals surface area contributed by atoms with E-state index in [4.69, 9.17) is 16.3 Å². The summed E-state index contributed by atoms with van der Waals surface area (Å²) in [7, 11) is 3.21. The number of para-hydroxylation sites is 2. The van der Waals surface area contributed by atoms with Gasteiger partial charge in [-0.25, -0.2) is 4.90 Å². The summed E-state index contributed by atoms with van der Waals surface area (Å²) < 4.78 is 5.33. The van der Waals surface area contributed by atoms with Crippen molar-refractivity contribution in [1.29, 1.82) is 0 Å². The van der Waals surface area contributed by atoms with Gasteiger partial charge >= 0.3 is 0 Å². The van der Waals surface area contributed by atoms with Crippen LogP contribution in [0.15, 0.2) is 47.5 Å². The number of nitrogens with one attached hydrogen (secondary N) is 1. The number of methoxy groups -OCH3 is 1. The first-order valence-corrected chi connectivity index (χ1v) is 9.86. The molecule has 0 aromatic heterocycles. The second-order valence-corrected chi connectivity index (χ2v) is 7.76. The minimum absolute atomic E-state index is 0.0988. The molecule has 0 radical (unpaired) electrons. The SMILES string of the molecule is CN=C(Nc1ccccc1OC)S[C@@H]1CC(=O)N(c2ccc(C)c(Cl)c2)C1=O. The average Bonchev–Trinajstić information content (AvgIpc) is 2.97. The Morgan fingerprint density at radius 3 is 2.71 bits per heavy atom. The number of ether oxygens (including phenoxy) is 1. The van der Waals surface area contributed by atoms with Gasteiger partial charge in [0.2, 0.25) is 11.8 Å². The maximum absolute atomic E-state index is 12.9. The maximum Gasteiger partial charge on any atom is 0.247 e. The van der Waals surface area contributed by atoms with Crippen LogP contribution in [0, 0.1) is 6.92 Å². The minimum atomic E-state index is -0.562. The lowest BCUT2D eigenvalue weighted by Crippen LogP contribution is -2.31. The first kappa shape index (κ1) is 20.2. The number of rotatable bonds is 4. The number of hydrogen-bond donors (Lipinski definition) is 1. The third-order valence-electron chi connectivity index (χ3n) is 4.32. The Hall–Kier alpha value is -2.51. The highest BCUT2D eigenvalue weighted by Gasteiger charge is 2.41. The molecule has 0 saturated carbocycles. The Morgan fingerprint density at radius 2 is 2.04 bits per heavy atom. The topological polar surface area (TPSA) is 71.0 Å². The lowest BCUT2D eigenvalue weighted by molar-refractivity contribution is -0.121. The summed E-state index contributed by atoms with van der Waals surface area (Å²) in [6.45, 7) is 1.87. The molecular weight excluding hydrogens is 398 g/mol. The fraction of sp³-hybridized carbons (Fsp3) is 0.250. The molecule has 1 aliphatic rings. The number of amidine groups is 1. The van der Waals surface area contributed by atoms with Crippen LogP contribution in [0.4, 0.5) is 11.4 Å². The Kier molecular flexibility index (Phi) is 6.26. The van der Waals surface area contributed by atoms with Gasteiger partial charge < -0.3 is 10.1 Å². The van der Waals surface area contributed by atoms with Crippen molar-refractivity contribution in [2.24, 2.45) is 4.99 Å². The number of imide groups is 1. The molecule has 1 aliphatic heterocycles. The molecule has 1 N–H and O–H groups in total. The molecule has 2 aromatic carbocycles. The molecule has 0 spiro atoms. The van der Waals surface area contributed by atoms with E-state index in [0.29, 0.717) is 21.6 Å². The van der Waals surface area contributed by atoms with Crippen LogP contribution in [0.5, 0.6) is 5.75 Å². The Morgan fingerprint density at radius 1 is 1.29 bits per heavy atom. The largest absolute Gasteiger partial charge is 0.495 e. The summed E-state index contributed by atoms with van der Waals surface area (Å²) in [6, 6.07) is 12.6. The molecule has 0 bridgehead atoms. The van der Waals surface area contributed by atoms with Crippen LogP contribution in [0.1, 0.15) is 12.0 Å². The van der Waals surface area contributed by atoms with E-state index in [-0.39, 0.29) is 18.2 Å². The lowest BCUT2D eigenvalue weighted by atomic mass is 10.2. The van der Waals surface area contributed by atoms with Crippen molar-refractivity contribution >= 4 is 51.7 Å². The highest BCUT2D eigenvalue weighted by molar-refractivity contribution is 8.15. The highest BCUT2D eigenvalue weighted by atomic mass is 35.5. The molecule has 1 fully saturated rings. The Labute approximate surface area is 172 Å². The normalized spacial score (nSPS) is 17.2. The van der Waals surface area contributed by atoms with Crippen molar-refractivity contribution < 1.29 is 14.3 Å². The molecule has 1 heterocycles. The average molecular weight is 418 g/mol. The van der Waals surface area contributed by atoms with Crippen LogP contribution in [-0.4, -0.2) is 36.4 Å². The Balaban J connectivity index is 1.76. The molecule has 2 amide bonds. The molecule has 146 valence electrons. The summed E-state index contributed by atoms with van der Waals surface area (Å²) in [6.07, 6.45) is 0.0988. The fourth-order valence-corrected chi connectivity index (χ4v) is 3.97. The van der Waals surface area contributed by atoms with Crippen LogP contribution in [0.2, 0.25) is 5.02 Å². The quantitative estimate of drug-likeness (QED) is 0.460. The Bertz CT molecular complexity index is 948. The van der Waals surface area contributed by atoms with Crippen molar-refractivity contribution in [2.75, 3.05) is 24.4 Å². The summed E-state index contributed by atoms with van der Waals surface area (Å²) in [4.78, 5) is 30.8. The van der Waals surface area contributed by atoms with E-state index in [0.717, 1.165) is 11.3 Å². The standard InChI is InChI=1S/C20H20ClN3O3S/c1-12-8-9-13(10-14(12)21)24-18(25)11-17(19(24)26)28-20(22-2)23-15-6-4-5-7-16(15)27-3/h4-10,17H,11H2,1-3H3,(H,22,23)/t17-/m1/s1. The number of amides is 2. The molecule has 2 aromatic rings. The van der Waals surface area contributed by atoms with Crippen LogP contribution in [0.25, 0.3) is 0 Å². The van der Waals surface area contributed by atoms with Crippen LogP contribution in [-0.2, 0) is 9.59 Å². The van der Waals surface area contributed by atoms with Crippen molar-refractivity contribution in [3.8, 4) is 5.75 Å². The molecule has 1 saturated heterocycles. The number of anilines is 2. The lowest BCUT2D eigenvalue weighted by Gasteiger charge is -2.17. The summed E-state index contributed by atoms with van der Waals surface area (Å²) in [5.74, 6) is 0.127. The third-order valence-corrected chi connectivity index (χ3v) is 5.89. The number of aliphatic imine (C=N–C) groups is 1. The summed E-state index contributed by atoms with van der Waals surface area (Å²) in [5, 5.41) is 3.65. The second-order valence-electron chi connectivity index (χ2n) is 6.17. The van der Waals surface area contributed by atoms with Crippen LogP contribution < -0.4 is 15.0 Å². The number of carbonyl (C=O) groups excluding carboxylic acids is 2. The molecule has 28 heavy (non-hydrogen) atoms. The molecule has 8 heteroatoms. The summed E-state index contributed by atoms with van der Waals surface area (Å²) in [5.41, 5.74) is 2.11. The number of nitrogens with zero attached hydrogens (tertiary/aromatic N) is 2. The first-order chi connectivity index (χ1) is 13.4. The van der Waals surface area contributed by atoms with Gasteiger partial charge in [-0.15, -0.1) is 0 Å². The van der Waals surface area contributed by atoms with E-state index in [2.05, 4.69) is 10.3 Å². The van der Waals surface area contributed by atoms with E-state index in [1.54, 1.807) is 32.4 Å². The van der Waals surface area contributed by atoms with E-state index in [9.17, 15) is 9.59 Å². The number of aryl methyl sites for hydroxylation is 1. The molecule has 6 nitrogen and oxygen atoms in total. The first-order valence-electron chi connectivity index (χ1n) is 8.61. The predicted octanol–water partition coefficient (Wildman–Crippen LogP) is 4.12. The zero-order valence-corrected chi connectivity index (χ0v) is 17.3. The van der Waals surface area contributed by atoms with E-state index in [1.807, 2.05) is 31.2 Å². The molecule has 0 aliphatic carbocycles. The van der Waals surface area contributed by atoms with Crippen LogP contribution in [0.3, 0.4) is 0 Å². The van der Waals surface area contributed by atoms with Crippen molar-refractivity contribution in [2.45, 2.75) is 18.6 Å². The van der Waals surface area contributed by atoms with Crippen molar-refractivity contribution in [1.82, 2.24) is 0 Å². The number of hydrogen-bond acceptors (Lipinski definition) is 5. The van der Waals surface area contributed by atoms with Gasteiger partial charge in [-0.3, -0.25) is 14.6 Å². The minimum Gasteiger partial charge on any atom is -0.495 e. The smallest absolute Gasteiger partial charge is 0.247 e. The molecular formula is C20H20ClN3O3S. The summed E-state index contributed by atoms with van der Waals surface area (Å²) >= 11 is 7.38. The molecule has 0 unspecified atom stereocenters. The molecule has 1 atom stereocenters. The van der Waals surface area contributed by atoms with Gasteiger partial charge in [0.25, 0.3) is 0 Å².